The molecule has 1 aliphatic rings. The van der Waals surface area contributed by atoms with E-state index in [-0.39, 0.29) is 22.8 Å². The van der Waals surface area contributed by atoms with E-state index in [4.69, 9.17) is 0 Å². The molecule has 1 atom stereocenters. The molecule has 0 radical (unpaired) electrons. The van der Waals surface area contributed by atoms with Gasteiger partial charge in [-0.3, -0.25) is 4.79 Å². The number of rotatable bonds is 3. The summed E-state index contributed by atoms with van der Waals surface area (Å²) in [6, 6.07) is 13.5. The first-order valence-corrected chi connectivity index (χ1v) is 10.5. The van der Waals surface area contributed by atoms with Crippen molar-refractivity contribution < 1.29 is 13.2 Å². The summed E-state index contributed by atoms with van der Waals surface area (Å²) in [6.45, 7) is 8.72. The van der Waals surface area contributed by atoms with Crippen molar-refractivity contribution in [3.8, 4) is 0 Å². The van der Waals surface area contributed by atoms with Gasteiger partial charge in [0.25, 0.3) is 0 Å². The number of nitrogens with one attached hydrogen (secondary N) is 1. The van der Waals surface area contributed by atoms with E-state index in [1.165, 1.54) is 4.31 Å². The first kappa shape index (κ1) is 19.6. The van der Waals surface area contributed by atoms with Crippen LogP contribution in [0.4, 0.5) is 0 Å². The van der Waals surface area contributed by atoms with Gasteiger partial charge in [-0.2, -0.15) is 4.31 Å². The van der Waals surface area contributed by atoms with Gasteiger partial charge in [-0.05, 0) is 35.6 Å². The van der Waals surface area contributed by atoms with Gasteiger partial charge >= 0.3 is 0 Å². The molecule has 3 rings (SSSR count). The van der Waals surface area contributed by atoms with Crippen LogP contribution in [0.5, 0.6) is 0 Å². The summed E-state index contributed by atoms with van der Waals surface area (Å²) < 4.78 is 27.9. The van der Waals surface area contributed by atoms with Crippen LogP contribution < -0.4 is 5.32 Å². The van der Waals surface area contributed by atoms with Crippen LogP contribution in [0.3, 0.4) is 0 Å². The zero-order chi connectivity index (χ0) is 19.8. The smallest absolute Gasteiger partial charge is 0.244 e. The van der Waals surface area contributed by atoms with Crippen LogP contribution in [0, 0.1) is 6.92 Å². The number of sulfonamides is 1. The number of benzene rings is 2. The lowest BCUT2D eigenvalue weighted by Crippen LogP contribution is -2.52. The summed E-state index contributed by atoms with van der Waals surface area (Å²) in [5, 5.41) is 2.79. The fraction of sp³-hybridized carbons (Fsp3) is 0.381. The van der Waals surface area contributed by atoms with Gasteiger partial charge in [0.2, 0.25) is 15.9 Å². The predicted molar refractivity (Wildman–Crippen MR) is 106 cm³/mol. The average molecular weight is 387 g/mol. The number of amides is 1. The minimum Gasteiger partial charge on any atom is -0.353 e. The highest BCUT2D eigenvalue weighted by Gasteiger charge is 2.39. The van der Waals surface area contributed by atoms with Gasteiger partial charge in [0, 0.05) is 13.1 Å². The highest BCUT2D eigenvalue weighted by molar-refractivity contribution is 7.89. The molecule has 2 aromatic rings. The van der Waals surface area contributed by atoms with Gasteiger partial charge in [0.15, 0.2) is 0 Å². The van der Waals surface area contributed by atoms with Gasteiger partial charge in [-0.1, -0.05) is 62.7 Å². The molecule has 0 aliphatic carbocycles. The van der Waals surface area contributed by atoms with Crippen LogP contribution in [0.15, 0.2) is 53.4 Å². The highest BCUT2D eigenvalue weighted by Crippen LogP contribution is 2.31. The van der Waals surface area contributed by atoms with Crippen molar-refractivity contribution in [3.63, 3.8) is 0 Å². The normalized spacial score (nSPS) is 19.0. The molecule has 1 amide bonds. The molecule has 1 fully saturated rings. The minimum absolute atomic E-state index is 0.0581. The average Bonchev–Trinajstić information content (AvgIpc) is 2.61. The lowest BCUT2D eigenvalue weighted by molar-refractivity contribution is -0.126. The molecule has 1 saturated heterocycles. The number of carbonyl (C=O) groups excluding carboxylic acids is 1. The summed E-state index contributed by atoms with van der Waals surface area (Å²) in [7, 11) is -3.79. The topological polar surface area (TPSA) is 66.5 Å². The Morgan fingerprint density at radius 3 is 2.33 bits per heavy atom. The molecular formula is C21H26N2O3S. The molecule has 1 unspecified atom stereocenters. The van der Waals surface area contributed by atoms with Crippen LogP contribution in [-0.2, 0) is 20.2 Å². The zero-order valence-electron chi connectivity index (χ0n) is 16.2. The van der Waals surface area contributed by atoms with Crippen LogP contribution in [0.2, 0.25) is 0 Å². The number of hydrogen-bond acceptors (Lipinski definition) is 3. The second kappa shape index (κ2) is 7.09. The molecule has 6 heteroatoms. The lowest BCUT2D eigenvalue weighted by atomic mass is 9.87. The van der Waals surface area contributed by atoms with Crippen molar-refractivity contribution >= 4 is 15.9 Å². The molecular weight excluding hydrogens is 360 g/mol. The molecule has 5 nitrogen and oxygen atoms in total. The fourth-order valence-electron chi connectivity index (χ4n) is 3.32. The molecule has 27 heavy (non-hydrogen) atoms. The summed E-state index contributed by atoms with van der Waals surface area (Å²) in [4.78, 5) is 12.8. The predicted octanol–water partition coefficient (Wildman–Crippen LogP) is 3.15. The summed E-state index contributed by atoms with van der Waals surface area (Å²) in [5.41, 5.74) is 2.67. The standard InChI is InChI=1S/C21H26N2O3S/c1-15-6-5-7-16(14-15)19-20(24)22-12-13-23(19)27(25,26)18-10-8-17(9-11-18)21(2,3)4/h5-11,14,19H,12-13H2,1-4H3,(H,22,24). The second-order valence-electron chi connectivity index (χ2n) is 8.00. The Balaban J connectivity index is 2.01. The number of nitrogens with zero attached hydrogens (tertiary/aromatic N) is 1. The van der Waals surface area contributed by atoms with Gasteiger partial charge in [0.05, 0.1) is 4.90 Å². The lowest BCUT2D eigenvalue weighted by Gasteiger charge is -2.34. The maximum Gasteiger partial charge on any atom is 0.244 e. The van der Waals surface area contributed by atoms with Crippen LogP contribution in [0.25, 0.3) is 0 Å². The van der Waals surface area contributed by atoms with E-state index in [0.717, 1.165) is 11.1 Å². The van der Waals surface area contributed by atoms with Gasteiger partial charge in [-0.15, -0.1) is 0 Å². The zero-order valence-corrected chi connectivity index (χ0v) is 17.0. The number of piperazine rings is 1. The van der Waals surface area contributed by atoms with E-state index in [2.05, 4.69) is 26.1 Å². The van der Waals surface area contributed by atoms with Gasteiger partial charge in [-0.25, -0.2) is 8.42 Å². The Morgan fingerprint density at radius 2 is 1.74 bits per heavy atom. The Kier molecular flexibility index (Phi) is 5.14. The summed E-state index contributed by atoms with van der Waals surface area (Å²) in [5.74, 6) is -0.290. The maximum atomic E-state index is 13.3. The molecule has 144 valence electrons. The molecule has 1 aliphatic heterocycles. The number of aryl methyl sites for hydroxylation is 1. The van der Waals surface area contributed by atoms with Crippen molar-refractivity contribution in [2.45, 2.75) is 44.0 Å². The third-order valence-corrected chi connectivity index (χ3v) is 6.73. The van der Waals surface area contributed by atoms with Crippen LogP contribution >= 0.6 is 0 Å². The Labute approximate surface area is 161 Å². The number of hydrogen-bond donors (Lipinski definition) is 1. The Hall–Kier alpha value is -2.18. The first-order chi connectivity index (χ1) is 12.6. The molecule has 0 aromatic heterocycles. The molecule has 0 bridgehead atoms. The summed E-state index contributed by atoms with van der Waals surface area (Å²) in [6.07, 6.45) is 0. The van der Waals surface area contributed by atoms with Crippen molar-refractivity contribution in [3.05, 3.63) is 65.2 Å². The molecule has 0 spiro atoms. The van der Waals surface area contributed by atoms with Crippen LogP contribution in [0.1, 0.15) is 43.5 Å². The van der Waals surface area contributed by atoms with Crippen molar-refractivity contribution in [1.29, 1.82) is 0 Å². The summed E-state index contributed by atoms with van der Waals surface area (Å²) >= 11 is 0. The second-order valence-corrected chi connectivity index (χ2v) is 9.89. The van der Waals surface area contributed by atoms with Crippen molar-refractivity contribution in [2.75, 3.05) is 13.1 Å². The fourth-order valence-corrected chi connectivity index (χ4v) is 4.90. The molecule has 1 heterocycles. The molecule has 2 aromatic carbocycles. The highest BCUT2D eigenvalue weighted by atomic mass is 32.2. The van der Waals surface area contributed by atoms with Crippen molar-refractivity contribution in [2.24, 2.45) is 0 Å². The van der Waals surface area contributed by atoms with Crippen LogP contribution in [-0.4, -0.2) is 31.7 Å². The quantitative estimate of drug-likeness (QED) is 0.881. The first-order valence-electron chi connectivity index (χ1n) is 9.07. The molecule has 0 saturated carbocycles. The Morgan fingerprint density at radius 1 is 1.07 bits per heavy atom. The largest absolute Gasteiger partial charge is 0.353 e. The Bertz CT molecular complexity index is 944. The van der Waals surface area contributed by atoms with E-state index in [0.29, 0.717) is 12.1 Å². The van der Waals surface area contributed by atoms with E-state index in [9.17, 15) is 13.2 Å². The third-order valence-electron chi connectivity index (χ3n) is 4.85. The van der Waals surface area contributed by atoms with E-state index in [1.54, 1.807) is 18.2 Å². The van der Waals surface area contributed by atoms with E-state index >= 15 is 0 Å². The third kappa shape index (κ3) is 3.92. The monoisotopic (exact) mass is 386 g/mol. The van der Waals surface area contributed by atoms with Gasteiger partial charge in [0.1, 0.15) is 6.04 Å². The SMILES string of the molecule is Cc1cccc(C2C(=O)NCCN2S(=O)(=O)c2ccc(C(C)(C)C)cc2)c1. The molecule has 1 N–H and O–H groups in total. The van der Waals surface area contributed by atoms with E-state index < -0.39 is 16.1 Å². The number of carbonyl (C=O) groups is 1. The van der Waals surface area contributed by atoms with Gasteiger partial charge < -0.3 is 5.32 Å². The maximum absolute atomic E-state index is 13.3. The van der Waals surface area contributed by atoms with Crippen molar-refractivity contribution in [1.82, 2.24) is 9.62 Å². The van der Waals surface area contributed by atoms with E-state index in [1.807, 2.05) is 37.3 Å². The minimum atomic E-state index is -3.79.